The molecule has 0 saturated heterocycles. The highest BCUT2D eigenvalue weighted by atomic mass is 32.2. The van der Waals surface area contributed by atoms with Gasteiger partial charge in [0.15, 0.2) is 0 Å². The average molecular weight is 318 g/mol. The molecule has 2 heterocycles. The second-order valence-electron chi connectivity index (χ2n) is 4.93. The quantitative estimate of drug-likeness (QED) is 0.944. The Balaban J connectivity index is 1.78. The summed E-state index contributed by atoms with van der Waals surface area (Å²) in [6, 6.07) is 7.83. The molecule has 0 aliphatic carbocycles. The van der Waals surface area contributed by atoms with Crippen LogP contribution in [0.1, 0.15) is 28.4 Å². The van der Waals surface area contributed by atoms with Gasteiger partial charge in [0.25, 0.3) is 5.91 Å². The summed E-state index contributed by atoms with van der Waals surface area (Å²) in [6.45, 7) is 0. The number of ether oxygens (including phenoxy) is 1. The van der Waals surface area contributed by atoms with Crippen molar-refractivity contribution in [3.63, 3.8) is 0 Å². The number of rotatable bonds is 3. The minimum absolute atomic E-state index is 0.179. The van der Waals surface area contributed by atoms with Crippen LogP contribution in [-0.2, 0) is 0 Å². The van der Waals surface area contributed by atoms with Crippen LogP contribution in [0.3, 0.4) is 0 Å². The van der Waals surface area contributed by atoms with E-state index in [2.05, 4.69) is 10.3 Å². The Morgan fingerprint density at radius 2 is 2.27 bits per heavy atom. The number of carbonyl (C=O) groups is 1. The van der Waals surface area contributed by atoms with Crippen LogP contribution in [0.5, 0.6) is 5.88 Å². The van der Waals surface area contributed by atoms with Crippen LogP contribution in [0.4, 0.5) is 4.39 Å². The number of hydrogen-bond donors (Lipinski definition) is 1. The topological polar surface area (TPSA) is 51.2 Å². The van der Waals surface area contributed by atoms with Crippen molar-refractivity contribution in [3.05, 3.63) is 53.5 Å². The van der Waals surface area contributed by atoms with Crippen LogP contribution < -0.4 is 10.1 Å². The molecule has 0 bridgehead atoms. The molecule has 114 valence electrons. The molecular formula is C16H15FN2O2S. The molecule has 0 radical (unpaired) electrons. The lowest BCUT2D eigenvalue weighted by Crippen LogP contribution is -2.30. The molecule has 1 N–H and O–H groups in total. The second-order valence-corrected chi connectivity index (χ2v) is 6.07. The minimum Gasteiger partial charge on any atom is -0.481 e. The third-order valence-corrected chi connectivity index (χ3v) is 4.65. The van der Waals surface area contributed by atoms with Crippen LogP contribution in [0.25, 0.3) is 0 Å². The Kier molecular flexibility index (Phi) is 4.29. The zero-order valence-electron chi connectivity index (χ0n) is 12.0. The summed E-state index contributed by atoms with van der Waals surface area (Å²) >= 11 is 1.68. The lowest BCUT2D eigenvalue weighted by atomic mass is 10.0. The van der Waals surface area contributed by atoms with E-state index in [1.165, 1.54) is 25.4 Å². The largest absolute Gasteiger partial charge is 0.481 e. The molecule has 1 aliphatic heterocycles. The zero-order chi connectivity index (χ0) is 15.5. The predicted octanol–water partition coefficient (Wildman–Crippen LogP) is 3.20. The van der Waals surface area contributed by atoms with Crippen LogP contribution in [-0.4, -0.2) is 23.8 Å². The normalized spacial score (nSPS) is 16.7. The Morgan fingerprint density at radius 3 is 3.00 bits per heavy atom. The number of benzene rings is 1. The Morgan fingerprint density at radius 1 is 1.41 bits per heavy atom. The standard InChI is InChI=1S/C16H15FN2O2S/c1-21-15-5-2-10(9-18-15)16(20)19-13-6-7-22-14-4-3-11(17)8-12(13)14/h2-5,8-9,13H,6-7H2,1H3,(H,19,20). The van der Waals surface area contributed by atoms with Crippen LogP contribution in [0, 0.1) is 5.82 Å². The number of halogens is 1. The molecule has 1 amide bonds. The maximum absolute atomic E-state index is 13.5. The van der Waals surface area contributed by atoms with E-state index in [0.717, 1.165) is 22.6 Å². The number of nitrogens with one attached hydrogen (secondary N) is 1. The fraction of sp³-hybridized carbons (Fsp3) is 0.250. The summed E-state index contributed by atoms with van der Waals surface area (Å²) in [5, 5.41) is 2.96. The lowest BCUT2D eigenvalue weighted by molar-refractivity contribution is 0.0934. The minimum atomic E-state index is -0.286. The third kappa shape index (κ3) is 3.06. The highest BCUT2D eigenvalue weighted by Gasteiger charge is 2.23. The molecule has 6 heteroatoms. The van der Waals surface area contributed by atoms with Crippen molar-refractivity contribution in [2.75, 3.05) is 12.9 Å². The van der Waals surface area contributed by atoms with E-state index in [4.69, 9.17) is 4.74 Å². The summed E-state index contributed by atoms with van der Waals surface area (Å²) < 4.78 is 18.4. The first-order valence-corrected chi connectivity index (χ1v) is 7.89. The molecule has 1 atom stereocenters. The van der Waals surface area contributed by atoms with E-state index < -0.39 is 0 Å². The van der Waals surface area contributed by atoms with E-state index in [-0.39, 0.29) is 17.8 Å². The molecule has 4 nitrogen and oxygen atoms in total. The van der Waals surface area contributed by atoms with Gasteiger partial charge in [-0.05, 0) is 36.2 Å². The first kappa shape index (κ1) is 14.8. The highest BCUT2D eigenvalue weighted by molar-refractivity contribution is 7.99. The molecule has 0 saturated carbocycles. The average Bonchev–Trinajstić information content (AvgIpc) is 2.55. The van der Waals surface area contributed by atoms with Gasteiger partial charge in [-0.2, -0.15) is 0 Å². The number of aromatic nitrogens is 1. The van der Waals surface area contributed by atoms with Gasteiger partial charge < -0.3 is 10.1 Å². The van der Waals surface area contributed by atoms with Gasteiger partial charge in [-0.1, -0.05) is 0 Å². The number of nitrogens with zero attached hydrogens (tertiary/aromatic N) is 1. The van der Waals surface area contributed by atoms with E-state index >= 15 is 0 Å². The summed E-state index contributed by atoms with van der Waals surface area (Å²) in [5.74, 6) is 0.844. The van der Waals surface area contributed by atoms with Crippen molar-refractivity contribution in [1.82, 2.24) is 10.3 Å². The van der Waals surface area contributed by atoms with E-state index in [9.17, 15) is 9.18 Å². The lowest BCUT2D eigenvalue weighted by Gasteiger charge is -2.26. The number of methoxy groups -OCH3 is 1. The molecule has 0 fully saturated rings. The predicted molar refractivity (Wildman–Crippen MR) is 82.7 cm³/mol. The summed E-state index contributed by atoms with van der Waals surface area (Å²) in [5.41, 5.74) is 1.29. The third-order valence-electron chi connectivity index (χ3n) is 3.52. The molecule has 2 aromatic rings. The Bertz CT molecular complexity index is 691. The summed E-state index contributed by atoms with van der Waals surface area (Å²) in [4.78, 5) is 17.4. The second kappa shape index (κ2) is 6.36. The number of hydrogen-bond acceptors (Lipinski definition) is 4. The molecule has 0 spiro atoms. The monoisotopic (exact) mass is 318 g/mol. The van der Waals surface area contributed by atoms with Crippen molar-refractivity contribution < 1.29 is 13.9 Å². The van der Waals surface area contributed by atoms with E-state index in [0.29, 0.717) is 11.4 Å². The fourth-order valence-electron chi connectivity index (χ4n) is 2.39. The van der Waals surface area contributed by atoms with Gasteiger partial charge in [0.1, 0.15) is 5.82 Å². The van der Waals surface area contributed by atoms with E-state index in [1.807, 2.05) is 0 Å². The molecule has 1 aromatic heterocycles. The van der Waals surface area contributed by atoms with Gasteiger partial charge >= 0.3 is 0 Å². The molecule has 22 heavy (non-hydrogen) atoms. The number of thioether (sulfide) groups is 1. The number of amides is 1. The number of pyridine rings is 1. The Labute approximate surface area is 132 Å². The highest BCUT2D eigenvalue weighted by Crippen LogP contribution is 2.36. The van der Waals surface area contributed by atoms with Crippen molar-refractivity contribution in [1.29, 1.82) is 0 Å². The molecule has 1 unspecified atom stereocenters. The van der Waals surface area contributed by atoms with Crippen LogP contribution in [0.2, 0.25) is 0 Å². The van der Waals surface area contributed by atoms with Gasteiger partial charge in [-0.3, -0.25) is 4.79 Å². The molecule has 1 aliphatic rings. The van der Waals surface area contributed by atoms with Gasteiger partial charge in [0.2, 0.25) is 5.88 Å². The maximum Gasteiger partial charge on any atom is 0.253 e. The van der Waals surface area contributed by atoms with Crippen LogP contribution in [0.15, 0.2) is 41.4 Å². The van der Waals surface area contributed by atoms with Crippen molar-refractivity contribution in [3.8, 4) is 5.88 Å². The first-order valence-electron chi connectivity index (χ1n) is 6.90. The Hall–Kier alpha value is -2.08. The SMILES string of the molecule is COc1ccc(C(=O)NC2CCSc3ccc(F)cc32)cn1. The maximum atomic E-state index is 13.5. The molecule has 1 aromatic carbocycles. The first-order chi connectivity index (χ1) is 10.7. The molecular weight excluding hydrogens is 303 g/mol. The van der Waals surface area contributed by atoms with Gasteiger partial charge in [0.05, 0.1) is 18.7 Å². The fourth-order valence-corrected chi connectivity index (χ4v) is 3.50. The van der Waals surface area contributed by atoms with Gasteiger partial charge in [-0.15, -0.1) is 11.8 Å². The van der Waals surface area contributed by atoms with Crippen LogP contribution >= 0.6 is 11.8 Å². The smallest absolute Gasteiger partial charge is 0.253 e. The van der Waals surface area contributed by atoms with Crippen molar-refractivity contribution >= 4 is 17.7 Å². The summed E-state index contributed by atoms with van der Waals surface area (Å²) in [6.07, 6.45) is 2.24. The number of carbonyl (C=O) groups excluding carboxylic acids is 1. The molecule has 3 rings (SSSR count). The van der Waals surface area contributed by atoms with Gasteiger partial charge in [-0.25, -0.2) is 9.37 Å². The van der Waals surface area contributed by atoms with E-state index in [1.54, 1.807) is 30.0 Å². The summed E-state index contributed by atoms with van der Waals surface area (Å²) in [7, 11) is 1.52. The number of fused-ring (bicyclic) bond motifs is 1. The zero-order valence-corrected chi connectivity index (χ0v) is 12.8. The van der Waals surface area contributed by atoms with Crippen molar-refractivity contribution in [2.24, 2.45) is 0 Å². The van der Waals surface area contributed by atoms with Crippen molar-refractivity contribution in [2.45, 2.75) is 17.4 Å². The van der Waals surface area contributed by atoms with Gasteiger partial charge in [0, 0.05) is 22.9 Å².